The summed E-state index contributed by atoms with van der Waals surface area (Å²) in [6.45, 7) is 1.74. The van der Waals surface area contributed by atoms with Crippen molar-refractivity contribution in [3.05, 3.63) is 50.9 Å². The molecule has 0 fully saturated rings. The molecule has 2 aromatic rings. The fourth-order valence-corrected chi connectivity index (χ4v) is 2.76. The summed E-state index contributed by atoms with van der Waals surface area (Å²) < 4.78 is 10.1. The zero-order valence-corrected chi connectivity index (χ0v) is 14.6. The monoisotopic (exact) mass is 361 g/mol. The van der Waals surface area contributed by atoms with E-state index in [0.29, 0.717) is 29.4 Å². The Hall–Kier alpha value is -3.64. The molecule has 0 bridgehead atoms. The quantitative estimate of drug-likeness (QED) is 0.274. The molecular weight excluding hydrogens is 346 g/mol. The number of esters is 1. The molecule has 0 atom stereocenters. The Morgan fingerprint density at radius 2 is 2.19 bits per heavy atom. The SMILES string of the molecule is CCOC(=O)C(C#N)=Cc1cc2cc3c(cc2oc1=O)C#CCCC(=O)C3. The topological polar surface area (TPSA) is 97.4 Å². The van der Waals surface area contributed by atoms with Gasteiger partial charge in [0.25, 0.3) is 0 Å². The maximum atomic E-state index is 12.2. The number of ether oxygens (including phenoxy) is 1. The summed E-state index contributed by atoms with van der Waals surface area (Å²) in [5, 5.41) is 9.71. The van der Waals surface area contributed by atoms with Gasteiger partial charge in [-0.25, -0.2) is 9.59 Å². The molecule has 27 heavy (non-hydrogen) atoms. The molecule has 1 aliphatic carbocycles. The summed E-state index contributed by atoms with van der Waals surface area (Å²) in [6.07, 6.45) is 2.32. The number of nitrogens with zero attached hydrogens (tertiary/aromatic N) is 1. The Bertz CT molecular complexity index is 1140. The summed E-state index contributed by atoms with van der Waals surface area (Å²) in [7, 11) is 0. The van der Waals surface area contributed by atoms with E-state index in [-0.39, 0.29) is 29.9 Å². The van der Waals surface area contributed by atoms with Crippen molar-refractivity contribution in [3.8, 4) is 17.9 Å². The van der Waals surface area contributed by atoms with Gasteiger partial charge in [0.15, 0.2) is 0 Å². The predicted octanol–water partition coefficient (Wildman–Crippen LogP) is 2.52. The van der Waals surface area contributed by atoms with Gasteiger partial charge >= 0.3 is 11.6 Å². The van der Waals surface area contributed by atoms with E-state index in [0.717, 1.165) is 11.6 Å². The summed E-state index contributed by atoms with van der Waals surface area (Å²) in [6, 6.07) is 6.64. The van der Waals surface area contributed by atoms with Gasteiger partial charge in [0, 0.05) is 30.2 Å². The normalized spacial score (nSPS) is 13.6. The number of hydrogen-bond acceptors (Lipinski definition) is 6. The van der Waals surface area contributed by atoms with Crippen LogP contribution in [0, 0.1) is 23.2 Å². The zero-order valence-electron chi connectivity index (χ0n) is 14.6. The number of benzene rings is 1. The molecular formula is C21H15NO5. The smallest absolute Gasteiger partial charge is 0.348 e. The standard InChI is InChI=1S/C21H15NO5/c1-2-26-20(24)17(12-22)9-16-8-15-7-14-10-18(23)6-4-3-5-13(14)11-19(15)27-21(16)25/h7-9,11H,2,4,6,10H2,1H3. The first-order valence-corrected chi connectivity index (χ1v) is 8.42. The van der Waals surface area contributed by atoms with Crippen LogP contribution in [0.4, 0.5) is 0 Å². The van der Waals surface area contributed by atoms with Crippen molar-refractivity contribution in [2.45, 2.75) is 26.2 Å². The van der Waals surface area contributed by atoms with Gasteiger partial charge in [0.1, 0.15) is 23.0 Å². The number of Topliss-reactive ketones (excluding diaryl/α,β-unsaturated/α-hetero) is 1. The zero-order chi connectivity index (χ0) is 19.4. The number of ketones is 1. The molecule has 0 spiro atoms. The highest BCUT2D eigenvalue weighted by molar-refractivity contribution is 5.98. The molecule has 0 radical (unpaired) electrons. The third kappa shape index (κ3) is 3.96. The van der Waals surface area contributed by atoms with E-state index in [2.05, 4.69) is 11.8 Å². The largest absolute Gasteiger partial charge is 0.462 e. The lowest BCUT2D eigenvalue weighted by molar-refractivity contribution is -0.137. The fourth-order valence-electron chi connectivity index (χ4n) is 2.76. The second kappa shape index (κ2) is 7.72. The van der Waals surface area contributed by atoms with E-state index in [4.69, 9.17) is 14.4 Å². The molecule has 0 saturated heterocycles. The van der Waals surface area contributed by atoms with Crippen molar-refractivity contribution >= 4 is 28.8 Å². The van der Waals surface area contributed by atoms with Gasteiger partial charge in [-0.1, -0.05) is 11.8 Å². The minimum atomic E-state index is -0.807. The molecule has 0 saturated carbocycles. The van der Waals surface area contributed by atoms with Crippen LogP contribution in [0.2, 0.25) is 0 Å². The van der Waals surface area contributed by atoms with E-state index < -0.39 is 11.6 Å². The first kappa shape index (κ1) is 18.2. The molecule has 0 N–H and O–H groups in total. The van der Waals surface area contributed by atoms with Crippen LogP contribution in [-0.4, -0.2) is 18.4 Å². The fraction of sp³-hybridized carbons (Fsp3) is 0.238. The van der Waals surface area contributed by atoms with Crippen LogP contribution in [0.15, 0.2) is 33.0 Å². The number of carbonyl (C=O) groups excluding carboxylic acids is 2. The van der Waals surface area contributed by atoms with Crippen LogP contribution in [0.3, 0.4) is 0 Å². The van der Waals surface area contributed by atoms with Gasteiger partial charge in [0.2, 0.25) is 0 Å². The van der Waals surface area contributed by atoms with E-state index in [1.165, 1.54) is 6.07 Å². The number of nitriles is 1. The molecule has 0 aliphatic heterocycles. The third-order valence-corrected chi connectivity index (χ3v) is 4.04. The number of hydrogen-bond donors (Lipinski definition) is 0. The molecule has 0 amide bonds. The van der Waals surface area contributed by atoms with Crippen LogP contribution in [0.25, 0.3) is 17.0 Å². The lowest BCUT2D eigenvalue weighted by Crippen LogP contribution is -2.09. The van der Waals surface area contributed by atoms with Gasteiger partial charge in [-0.15, -0.1) is 0 Å². The summed E-state index contributed by atoms with van der Waals surface area (Å²) in [5.41, 5.74) is 0.814. The van der Waals surface area contributed by atoms with Crippen LogP contribution in [-0.2, 0) is 20.7 Å². The number of rotatable bonds is 3. The Balaban J connectivity index is 2.13. The van der Waals surface area contributed by atoms with E-state index >= 15 is 0 Å². The van der Waals surface area contributed by atoms with Crippen LogP contribution < -0.4 is 5.63 Å². The Morgan fingerprint density at radius 3 is 2.93 bits per heavy atom. The molecule has 3 rings (SSSR count). The number of fused-ring (bicyclic) bond motifs is 2. The van der Waals surface area contributed by atoms with Crippen molar-refractivity contribution in [3.63, 3.8) is 0 Å². The minimum Gasteiger partial charge on any atom is -0.462 e. The van der Waals surface area contributed by atoms with Gasteiger partial charge in [-0.3, -0.25) is 4.79 Å². The van der Waals surface area contributed by atoms with Crippen LogP contribution >= 0.6 is 0 Å². The highest BCUT2D eigenvalue weighted by Gasteiger charge is 2.15. The molecule has 134 valence electrons. The molecule has 6 heteroatoms. The van der Waals surface area contributed by atoms with Gasteiger partial charge < -0.3 is 9.15 Å². The maximum absolute atomic E-state index is 12.2. The predicted molar refractivity (Wildman–Crippen MR) is 97.5 cm³/mol. The molecule has 0 unspecified atom stereocenters. The third-order valence-electron chi connectivity index (χ3n) is 4.04. The van der Waals surface area contributed by atoms with Crippen LogP contribution in [0.1, 0.15) is 36.5 Å². The molecule has 1 aliphatic rings. The highest BCUT2D eigenvalue weighted by Crippen LogP contribution is 2.22. The van der Waals surface area contributed by atoms with E-state index in [9.17, 15) is 14.4 Å². The molecule has 1 aromatic carbocycles. The van der Waals surface area contributed by atoms with Crippen molar-refractivity contribution in [1.29, 1.82) is 5.26 Å². The summed E-state index contributed by atoms with van der Waals surface area (Å²) >= 11 is 0. The van der Waals surface area contributed by atoms with Crippen molar-refractivity contribution in [2.24, 2.45) is 0 Å². The first-order chi connectivity index (χ1) is 13.0. The average molecular weight is 361 g/mol. The Morgan fingerprint density at radius 1 is 1.37 bits per heavy atom. The number of carbonyl (C=O) groups is 2. The van der Waals surface area contributed by atoms with Gasteiger partial charge in [0.05, 0.1) is 12.2 Å². The van der Waals surface area contributed by atoms with E-state index in [1.54, 1.807) is 25.1 Å². The van der Waals surface area contributed by atoms with E-state index in [1.807, 2.05) is 0 Å². The molecule has 6 nitrogen and oxygen atoms in total. The second-order valence-corrected chi connectivity index (χ2v) is 5.94. The first-order valence-electron chi connectivity index (χ1n) is 8.42. The van der Waals surface area contributed by atoms with Gasteiger partial charge in [-0.05, 0) is 36.8 Å². The summed E-state index contributed by atoms with van der Waals surface area (Å²) in [4.78, 5) is 35.9. The van der Waals surface area contributed by atoms with Crippen molar-refractivity contribution < 1.29 is 18.7 Å². The van der Waals surface area contributed by atoms with Gasteiger partial charge in [-0.2, -0.15) is 5.26 Å². The Labute approximate surface area is 155 Å². The lowest BCUT2D eigenvalue weighted by Gasteiger charge is -2.08. The lowest BCUT2D eigenvalue weighted by atomic mass is 9.96. The van der Waals surface area contributed by atoms with Crippen molar-refractivity contribution in [1.82, 2.24) is 0 Å². The minimum absolute atomic E-state index is 0.0512. The Kier molecular flexibility index (Phi) is 5.19. The van der Waals surface area contributed by atoms with Crippen molar-refractivity contribution in [2.75, 3.05) is 6.61 Å². The molecule has 1 aromatic heterocycles. The molecule has 1 heterocycles. The summed E-state index contributed by atoms with van der Waals surface area (Å²) in [5.74, 6) is 5.22. The maximum Gasteiger partial charge on any atom is 0.348 e. The second-order valence-electron chi connectivity index (χ2n) is 5.94. The highest BCUT2D eigenvalue weighted by atomic mass is 16.5. The average Bonchev–Trinajstić information content (AvgIpc) is 2.62. The van der Waals surface area contributed by atoms with Crippen LogP contribution in [0.5, 0.6) is 0 Å².